The fraction of sp³-hybridized carbons (Fsp3) is 0.500. The van der Waals surface area contributed by atoms with Crippen LogP contribution >= 0.6 is 11.6 Å². The maximum Gasteiger partial charge on any atom is 0.208 e. The zero-order valence-electron chi connectivity index (χ0n) is 9.72. The lowest BCUT2D eigenvalue weighted by Crippen LogP contribution is -2.12. The van der Waals surface area contributed by atoms with Crippen LogP contribution in [0.4, 0.5) is 4.39 Å². The molecule has 3 nitrogen and oxygen atoms in total. The molecule has 1 aliphatic carbocycles. The lowest BCUT2D eigenvalue weighted by atomic mass is 10.0. The van der Waals surface area contributed by atoms with E-state index in [0.717, 1.165) is 12.8 Å². The van der Waals surface area contributed by atoms with Crippen molar-refractivity contribution in [3.63, 3.8) is 0 Å². The molecule has 0 aromatic heterocycles. The van der Waals surface area contributed by atoms with Gasteiger partial charge in [0, 0.05) is 12.0 Å². The van der Waals surface area contributed by atoms with E-state index < -0.39 is 11.4 Å². The number of hydrogen-bond acceptors (Lipinski definition) is 3. The molecule has 1 N–H and O–H groups in total. The second kappa shape index (κ2) is 4.35. The Morgan fingerprint density at radius 1 is 1.35 bits per heavy atom. The number of benzene rings is 1. The van der Waals surface area contributed by atoms with Crippen LogP contribution in [0.3, 0.4) is 0 Å². The topological polar surface area (TPSA) is 38.7 Å². The number of rotatable bonds is 4. The number of halogens is 2. The van der Waals surface area contributed by atoms with Gasteiger partial charge in [0.1, 0.15) is 0 Å². The van der Waals surface area contributed by atoms with Gasteiger partial charge in [0.2, 0.25) is 5.82 Å². The highest BCUT2D eigenvalue weighted by atomic mass is 35.5. The Bertz CT molecular complexity index is 444. The van der Waals surface area contributed by atoms with Crippen molar-refractivity contribution >= 4 is 11.6 Å². The number of hydrogen-bond donors (Lipinski definition) is 1. The van der Waals surface area contributed by atoms with E-state index in [1.54, 1.807) is 6.07 Å². The van der Waals surface area contributed by atoms with E-state index in [-0.39, 0.29) is 16.5 Å². The van der Waals surface area contributed by atoms with Gasteiger partial charge < -0.3 is 14.6 Å². The minimum atomic E-state index is -0.725. The molecule has 0 radical (unpaired) electrons. The first-order valence-electron chi connectivity index (χ1n) is 5.32. The van der Waals surface area contributed by atoms with Gasteiger partial charge in [-0.1, -0.05) is 11.6 Å². The summed E-state index contributed by atoms with van der Waals surface area (Å²) in [5, 5.41) is 10.0. The first-order chi connectivity index (χ1) is 8.00. The van der Waals surface area contributed by atoms with Gasteiger partial charge >= 0.3 is 0 Å². The SMILES string of the molecule is COc1c(Cl)cc(CC2(O)CC2)c(OC)c1F. The normalized spacial score (nSPS) is 16.8. The Balaban J connectivity index is 2.44. The van der Waals surface area contributed by atoms with Crippen molar-refractivity contribution in [2.45, 2.75) is 24.9 Å². The van der Waals surface area contributed by atoms with Crippen molar-refractivity contribution < 1.29 is 19.0 Å². The van der Waals surface area contributed by atoms with Gasteiger partial charge in [0.25, 0.3) is 0 Å². The van der Waals surface area contributed by atoms with Gasteiger partial charge in [0.15, 0.2) is 11.5 Å². The van der Waals surface area contributed by atoms with E-state index in [4.69, 9.17) is 21.1 Å². The molecule has 0 heterocycles. The highest BCUT2D eigenvalue weighted by molar-refractivity contribution is 6.32. The van der Waals surface area contributed by atoms with Crippen molar-refractivity contribution in [2.75, 3.05) is 14.2 Å². The summed E-state index contributed by atoms with van der Waals surface area (Å²) in [5.41, 5.74) is -0.159. The van der Waals surface area contributed by atoms with E-state index in [1.165, 1.54) is 14.2 Å². The second-order valence-corrected chi connectivity index (χ2v) is 4.71. The van der Waals surface area contributed by atoms with Crippen LogP contribution in [0.5, 0.6) is 11.5 Å². The third-order valence-electron chi connectivity index (χ3n) is 2.96. The summed E-state index contributed by atoms with van der Waals surface area (Å²) in [6, 6.07) is 1.58. The molecular weight excluding hydrogens is 247 g/mol. The highest BCUT2D eigenvalue weighted by Gasteiger charge is 2.41. The van der Waals surface area contributed by atoms with Crippen molar-refractivity contribution in [2.24, 2.45) is 0 Å². The molecule has 1 aliphatic rings. The van der Waals surface area contributed by atoms with Crippen LogP contribution in [0.1, 0.15) is 18.4 Å². The van der Waals surface area contributed by atoms with E-state index in [1.807, 2.05) is 0 Å². The molecular formula is C12H14ClFO3. The summed E-state index contributed by atoms with van der Waals surface area (Å²) in [6.45, 7) is 0. The van der Waals surface area contributed by atoms with Crippen molar-refractivity contribution in [3.8, 4) is 11.5 Å². The third kappa shape index (κ3) is 2.33. The first kappa shape index (κ1) is 12.5. The maximum absolute atomic E-state index is 14.0. The molecule has 0 bridgehead atoms. The summed E-state index contributed by atoms with van der Waals surface area (Å²) in [4.78, 5) is 0. The van der Waals surface area contributed by atoms with Crippen LogP contribution < -0.4 is 9.47 Å². The fourth-order valence-electron chi connectivity index (χ4n) is 1.85. The number of aliphatic hydroxyl groups is 1. The summed E-state index contributed by atoms with van der Waals surface area (Å²) in [7, 11) is 2.73. The molecule has 2 rings (SSSR count). The average molecular weight is 261 g/mol. The molecule has 17 heavy (non-hydrogen) atoms. The van der Waals surface area contributed by atoms with Crippen LogP contribution in [0, 0.1) is 5.82 Å². The molecule has 1 saturated carbocycles. The lowest BCUT2D eigenvalue weighted by Gasteiger charge is -2.15. The molecule has 0 unspecified atom stereocenters. The molecule has 94 valence electrons. The van der Waals surface area contributed by atoms with Crippen LogP contribution in [0.2, 0.25) is 5.02 Å². The Hall–Kier alpha value is -1.00. The van der Waals surface area contributed by atoms with E-state index >= 15 is 0 Å². The Morgan fingerprint density at radius 3 is 2.41 bits per heavy atom. The maximum atomic E-state index is 14.0. The number of ether oxygens (including phenoxy) is 2. The molecule has 0 atom stereocenters. The van der Waals surface area contributed by atoms with Crippen LogP contribution in [0.15, 0.2) is 6.07 Å². The molecule has 0 amide bonds. The molecule has 0 aliphatic heterocycles. The average Bonchev–Trinajstić information content (AvgIpc) is 2.96. The van der Waals surface area contributed by atoms with Crippen molar-refractivity contribution in [1.29, 1.82) is 0 Å². The molecule has 1 aromatic rings. The van der Waals surface area contributed by atoms with Crippen LogP contribution in [0.25, 0.3) is 0 Å². The predicted octanol–water partition coefficient (Wildman–Crippen LogP) is 2.56. The van der Waals surface area contributed by atoms with E-state index in [2.05, 4.69) is 0 Å². The van der Waals surface area contributed by atoms with Gasteiger partial charge in [-0.2, -0.15) is 4.39 Å². The molecule has 0 spiro atoms. The predicted molar refractivity (Wildman–Crippen MR) is 62.4 cm³/mol. The first-order valence-corrected chi connectivity index (χ1v) is 5.70. The Labute approximate surface area is 104 Å². The summed E-state index contributed by atoms with van der Waals surface area (Å²) < 4.78 is 23.9. The van der Waals surface area contributed by atoms with Gasteiger partial charge in [-0.25, -0.2) is 0 Å². The number of methoxy groups -OCH3 is 2. The summed E-state index contributed by atoms with van der Waals surface area (Å²) in [6.07, 6.45) is 1.79. The van der Waals surface area contributed by atoms with Crippen molar-refractivity contribution in [3.05, 3.63) is 22.5 Å². The monoisotopic (exact) mass is 260 g/mol. The molecule has 1 aromatic carbocycles. The van der Waals surface area contributed by atoms with Gasteiger partial charge in [0.05, 0.1) is 24.8 Å². The van der Waals surface area contributed by atoms with Gasteiger partial charge in [-0.05, 0) is 18.9 Å². The Kier molecular flexibility index (Phi) is 3.19. The zero-order chi connectivity index (χ0) is 12.6. The molecule has 0 saturated heterocycles. The van der Waals surface area contributed by atoms with E-state index in [9.17, 15) is 9.50 Å². The standard InChI is InChI=1S/C12H14ClFO3/c1-16-10-7(6-12(15)3-4-12)5-8(13)11(17-2)9(10)14/h5,15H,3-4,6H2,1-2H3. The smallest absolute Gasteiger partial charge is 0.208 e. The largest absolute Gasteiger partial charge is 0.493 e. The van der Waals surface area contributed by atoms with E-state index in [0.29, 0.717) is 12.0 Å². The van der Waals surface area contributed by atoms with Gasteiger partial charge in [-0.3, -0.25) is 0 Å². The lowest BCUT2D eigenvalue weighted by molar-refractivity contribution is 0.149. The summed E-state index contributed by atoms with van der Waals surface area (Å²) >= 11 is 5.91. The fourth-order valence-corrected chi connectivity index (χ4v) is 2.14. The quantitative estimate of drug-likeness (QED) is 0.904. The third-order valence-corrected chi connectivity index (χ3v) is 3.24. The van der Waals surface area contributed by atoms with Gasteiger partial charge in [-0.15, -0.1) is 0 Å². The second-order valence-electron chi connectivity index (χ2n) is 4.30. The summed E-state index contributed by atoms with van der Waals surface area (Å²) in [5.74, 6) is -0.566. The van der Waals surface area contributed by atoms with Crippen LogP contribution in [-0.2, 0) is 6.42 Å². The zero-order valence-corrected chi connectivity index (χ0v) is 10.5. The highest BCUT2D eigenvalue weighted by Crippen LogP contribution is 2.43. The molecule has 5 heteroatoms. The minimum absolute atomic E-state index is 0.0324. The Morgan fingerprint density at radius 2 is 1.94 bits per heavy atom. The van der Waals surface area contributed by atoms with Crippen LogP contribution in [-0.4, -0.2) is 24.9 Å². The molecule has 1 fully saturated rings. The minimum Gasteiger partial charge on any atom is -0.493 e. The van der Waals surface area contributed by atoms with Crippen molar-refractivity contribution in [1.82, 2.24) is 0 Å².